The lowest BCUT2D eigenvalue weighted by Gasteiger charge is -2.18. The fraction of sp³-hybridized carbons (Fsp3) is 0.522. The summed E-state index contributed by atoms with van der Waals surface area (Å²) >= 11 is 0. The zero-order chi connectivity index (χ0) is 21.3. The maximum absolute atomic E-state index is 11.2. The first kappa shape index (κ1) is 21.7. The van der Waals surface area contributed by atoms with Crippen LogP contribution in [-0.4, -0.2) is 32.6 Å². The normalized spacial score (nSPS) is 13.7. The molecule has 1 atom stereocenters. The van der Waals surface area contributed by atoms with Gasteiger partial charge in [-0.2, -0.15) is 5.26 Å². The molecule has 0 aromatic carbocycles. The molecule has 0 unspecified atom stereocenters. The summed E-state index contributed by atoms with van der Waals surface area (Å²) in [4.78, 5) is 24.3. The van der Waals surface area contributed by atoms with Crippen LogP contribution in [0.25, 0.3) is 0 Å². The molecular weight excluding hydrogens is 378 g/mol. The van der Waals surface area contributed by atoms with Crippen LogP contribution in [0.2, 0.25) is 0 Å². The average molecular weight is 408 g/mol. The SMILES string of the molecule is Cc1ncc([C@@H](CCCCCCc2nc3c(cc2C#N)CCCN3)CC(=O)O)cn1. The Morgan fingerprint density at radius 3 is 2.77 bits per heavy atom. The van der Waals surface area contributed by atoms with Crippen molar-refractivity contribution in [2.75, 3.05) is 11.9 Å². The largest absolute Gasteiger partial charge is 0.481 e. The van der Waals surface area contributed by atoms with Gasteiger partial charge in [-0.05, 0) is 62.1 Å². The maximum Gasteiger partial charge on any atom is 0.303 e. The predicted octanol–water partition coefficient (Wildman–Crippen LogP) is 4.16. The van der Waals surface area contributed by atoms with Crippen LogP contribution < -0.4 is 5.32 Å². The van der Waals surface area contributed by atoms with Crippen molar-refractivity contribution < 1.29 is 9.90 Å². The number of carbonyl (C=O) groups is 1. The van der Waals surface area contributed by atoms with Crippen molar-refractivity contribution in [3.8, 4) is 6.07 Å². The van der Waals surface area contributed by atoms with Crippen LogP contribution in [0, 0.1) is 18.3 Å². The lowest BCUT2D eigenvalue weighted by atomic mass is 9.92. The maximum atomic E-state index is 11.2. The number of carboxylic acid groups (broad SMARTS) is 1. The van der Waals surface area contributed by atoms with Crippen LogP contribution >= 0.6 is 0 Å². The summed E-state index contributed by atoms with van der Waals surface area (Å²) < 4.78 is 0. The Morgan fingerprint density at radius 1 is 1.27 bits per heavy atom. The molecule has 3 heterocycles. The van der Waals surface area contributed by atoms with E-state index >= 15 is 0 Å². The highest BCUT2D eigenvalue weighted by molar-refractivity contribution is 5.68. The predicted molar refractivity (Wildman–Crippen MR) is 114 cm³/mol. The van der Waals surface area contributed by atoms with Gasteiger partial charge in [-0.3, -0.25) is 4.79 Å². The number of pyridine rings is 1. The van der Waals surface area contributed by atoms with E-state index in [4.69, 9.17) is 4.98 Å². The Balaban J connectivity index is 1.47. The average Bonchev–Trinajstić information content (AvgIpc) is 2.75. The van der Waals surface area contributed by atoms with Crippen LogP contribution in [-0.2, 0) is 17.6 Å². The number of aryl methyl sites for hydroxylation is 3. The lowest BCUT2D eigenvalue weighted by molar-refractivity contribution is -0.137. The Morgan fingerprint density at radius 2 is 2.03 bits per heavy atom. The second-order valence-electron chi connectivity index (χ2n) is 7.94. The molecule has 0 spiro atoms. The van der Waals surface area contributed by atoms with Gasteiger partial charge in [0.2, 0.25) is 0 Å². The second-order valence-corrected chi connectivity index (χ2v) is 7.94. The highest BCUT2D eigenvalue weighted by Gasteiger charge is 2.17. The molecular formula is C23H29N5O2. The van der Waals surface area contributed by atoms with E-state index in [-0.39, 0.29) is 12.3 Å². The fourth-order valence-corrected chi connectivity index (χ4v) is 3.96. The summed E-state index contributed by atoms with van der Waals surface area (Å²) in [6.07, 6.45) is 11.2. The fourth-order valence-electron chi connectivity index (χ4n) is 3.96. The number of aromatic nitrogens is 3. The summed E-state index contributed by atoms with van der Waals surface area (Å²) in [5.41, 5.74) is 3.61. The van der Waals surface area contributed by atoms with Gasteiger partial charge in [0, 0.05) is 18.9 Å². The van der Waals surface area contributed by atoms with Crippen molar-refractivity contribution in [3.05, 3.63) is 46.7 Å². The van der Waals surface area contributed by atoms with Crippen LogP contribution in [0.5, 0.6) is 0 Å². The van der Waals surface area contributed by atoms with Crippen LogP contribution in [0.15, 0.2) is 18.5 Å². The molecule has 2 aromatic heterocycles. The Bertz CT molecular complexity index is 905. The van der Waals surface area contributed by atoms with Crippen molar-refractivity contribution in [2.24, 2.45) is 0 Å². The molecule has 0 fully saturated rings. The van der Waals surface area contributed by atoms with Crippen molar-refractivity contribution in [2.45, 2.75) is 70.6 Å². The third-order valence-corrected chi connectivity index (χ3v) is 5.63. The van der Waals surface area contributed by atoms with Gasteiger partial charge >= 0.3 is 5.97 Å². The third-order valence-electron chi connectivity index (χ3n) is 5.63. The number of nitriles is 1. The van der Waals surface area contributed by atoms with Gasteiger partial charge in [0.05, 0.1) is 17.7 Å². The first-order chi connectivity index (χ1) is 14.6. The summed E-state index contributed by atoms with van der Waals surface area (Å²) in [5, 5.41) is 22.0. The number of anilines is 1. The van der Waals surface area contributed by atoms with E-state index in [0.717, 1.165) is 80.6 Å². The number of aliphatic carboxylic acids is 1. The Hall–Kier alpha value is -3.01. The molecule has 158 valence electrons. The standard InChI is InChI=1S/C23H29N5O2/c1-16-26-14-20(15-27-16)17(12-22(29)30)7-4-2-3-5-9-21-19(13-24)11-18-8-6-10-25-23(18)28-21/h11,14-15,17H,2-10,12H2,1H3,(H,25,28)(H,29,30)/t17-/m0/s1. The minimum absolute atomic E-state index is 0.0540. The molecule has 0 radical (unpaired) electrons. The minimum Gasteiger partial charge on any atom is -0.481 e. The van der Waals surface area contributed by atoms with E-state index in [0.29, 0.717) is 11.4 Å². The molecule has 30 heavy (non-hydrogen) atoms. The number of nitrogens with one attached hydrogen (secondary N) is 1. The summed E-state index contributed by atoms with van der Waals surface area (Å²) in [6.45, 7) is 2.76. The molecule has 0 bridgehead atoms. The van der Waals surface area contributed by atoms with Gasteiger partial charge in [-0.1, -0.05) is 19.3 Å². The minimum atomic E-state index is -0.795. The van der Waals surface area contributed by atoms with E-state index in [1.54, 1.807) is 12.4 Å². The molecule has 7 heteroatoms. The van der Waals surface area contributed by atoms with Crippen molar-refractivity contribution in [1.29, 1.82) is 5.26 Å². The van der Waals surface area contributed by atoms with Crippen LogP contribution in [0.4, 0.5) is 5.82 Å². The van der Waals surface area contributed by atoms with Crippen molar-refractivity contribution in [1.82, 2.24) is 15.0 Å². The molecule has 0 amide bonds. The Labute approximate surface area is 177 Å². The molecule has 2 N–H and O–H groups in total. The molecule has 0 saturated carbocycles. The molecule has 3 rings (SSSR count). The summed E-state index contributed by atoms with van der Waals surface area (Å²) in [7, 11) is 0. The number of hydrogen-bond donors (Lipinski definition) is 2. The van der Waals surface area contributed by atoms with Gasteiger partial charge in [-0.15, -0.1) is 0 Å². The van der Waals surface area contributed by atoms with E-state index in [1.807, 2.05) is 13.0 Å². The first-order valence-electron chi connectivity index (χ1n) is 10.7. The van der Waals surface area contributed by atoms with E-state index in [9.17, 15) is 15.2 Å². The van der Waals surface area contributed by atoms with Gasteiger partial charge in [-0.25, -0.2) is 15.0 Å². The number of rotatable bonds is 10. The molecule has 0 aliphatic carbocycles. The summed E-state index contributed by atoms with van der Waals surface area (Å²) in [5.74, 6) is 0.779. The lowest BCUT2D eigenvalue weighted by Crippen LogP contribution is -2.15. The number of unbranched alkanes of at least 4 members (excludes halogenated alkanes) is 3. The van der Waals surface area contributed by atoms with Crippen molar-refractivity contribution >= 4 is 11.8 Å². The van der Waals surface area contributed by atoms with Crippen LogP contribution in [0.3, 0.4) is 0 Å². The zero-order valence-corrected chi connectivity index (χ0v) is 17.5. The summed E-state index contributed by atoms with van der Waals surface area (Å²) in [6, 6.07) is 4.29. The monoisotopic (exact) mass is 407 g/mol. The molecule has 0 saturated heterocycles. The quantitative estimate of drug-likeness (QED) is 0.569. The Kier molecular flexibility index (Phi) is 7.72. The number of nitrogens with zero attached hydrogens (tertiary/aromatic N) is 4. The topological polar surface area (TPSA) is 112 Å². The van der Waals surface area contributed by atoms with Crippen molar-refractivity contribution in [3.63, 3.8) is 0 Å². The van der Waals surface area contributed by atoms with Crippen LogP contribution in [0.1, 0.15) is 79.1 Å². The van der Waals surface area contributed by atoms with E-state index < -0.39 is 5.97 Å². The second kappa shape index (κ2) is 10.7. The molecule has 7 nitrogen and oxygen atoms in total. The smallest absolute Gasteiger partial charge is 0.303 e. The molecule has 1 aliphatic heterocycles. The third kappa shape index (κ3) is 5.99. The highest BCUT2D eigenvalue weighted by Crippen LogP contribution is 2.26. The van der Waals surface area contributed by atoms with E-state index in [2.05, 4.69) is 21.4 Å². The number of fused-ring (bicyclic) bond motifs is 1. The molecule has 1 aliphatic rings. The number of carboxylic acids is 1. The number of hydrogen-bond acceptors (Lipinski definition) is 6. The van der Waals surface area contributed by atoms with Gasteiger partial charge in [0.1, 0.15) is 17.7 Å². The van der Waals surface area contributed by atoms with Gasteiger partial charge in [0.15, 0.2) is 0 Å². The van der Waals surface area contributed by atoms with Gasteiger partial charge < -0.3 is 10.4 Å². The van der Waals surface area contributed by atoms with Gasteiger partial charge in [0.25, 0.3) is 0 Å². The zero-order valence-electron chi connectivity index (χ0n) is 17.5. The molecule has 2 aromatic rings. The first-order valence-corrected chi connectivity index (χ1v) is 10.7. The highest BCUT2D eigenvalue weighted by atomic mass is 16.4. The van der Waals surface area contributed by atoms with E-state index in [1.165, 1.54) is 0 Å².